The van der Waals surface area contributed by atoms with Crippen LogP contribution in [-0.4, -0.2) is 50.0 Å². The first kappa shape index (κ1) is 22.7. The van der Waals surface area contributed by atoms with Crippen LogP contribution in [0.3, 0.4) is 0 Å². The smallest absolute Gasteiger partial charge is 0.416 e. The van der Waals surface area contributed by atoms with Gasteiger partial charge in [-0.2, -0.15) is 17.5 Å². The number of halogens is 4. The molecule has 6 nitrogen and oxygen atoms in total. The van der Waals surface area contributed by atoms with E-state index in [-0.39, 0.29) is 42.6 Å². The maximum Gasteiger partial charge on any atom is 0.416 e. The van der Waals surface area contributed by atoms with Crippen molar-refractivity contribution in [2.45, 2.75) is 23.8 Å². The normalized spacial score (nSPS) is 22.0. The molecule has 1 fully saturated rings. The number of hydrogen-bond acceptors (Lipinski definition) is 4. The summed E-state index contributed by atoms with van der Waals surface area (Å²) in [7, 11) is -4.32. The predicted molar refractivity (Wildman–Crippen MR) is 108 cm³/mol. The van der Waals surface area contributed by atoms with Crippen LogP contribution in [0.2, 0.25) is 0 Å². The number of alkyl halides is 3. The number of rotatable bonds is 4. The molecule has 1 saturated heterocycles. The zero-order chi connectivity index (χ0) is 23.3. The first-order chi connectivity index (χ1) is 15.0. The monoisotopic (exact) mass is 472 g/mol. The van der Waals surface area contributed by atoms with E-state index in [9.17, 15) is 35.9 Å². The van der Waals surface area contributed by atoms with Gasteiger partial charge in [0.1, 0.15) is 5.82 Å². The van der Waals surface area contributed by atoms with Crippen LogP contribution >= 0.6 is 0 Å². The summed E-state index contributed by atoms with van der Waals surface area (Å²) in [5, 5.41) is 13.1. The molecule has 0 spiro atoms. The third-order valence-corrected chi connectivity index (χ3v) is 8.65. The number of carboxylic acids is 1. The second-order valence-corrected chi connectivity index (χ2v) is 9.97. The Hall–Kier alpha value is -2.50. The molecule has 1 heterocycles. The lowest BCUT2D eigenvalue weighted by atomic mass is 9.93. The summed E-state index contributed by atoms with van der Waals surface area (Å²) in [6.45, 7) is 1.02. The Bertz CT molecular complexity index is 1180. The van der Waals surface area contributed by atoms with Gasteiger partial charge in [-0.3, -0.25) is 4.79 Å². The molecule has 1 unspecified atom stereocenters. The van der Waals surface area contributed by atoms with E-state index in [0.717, 1.165) is 16.4 Å². The van der Waals surface area contributed by atoms with Gasteiger partial charge in [0, 0.05) is 31.7 Å². The van der Waals surface area contributed by atoms with Crippen LogP contribution in [0, 0.1) is 5.82 Å². The fourth-order valence-corrected chi connectivity index (χ4v) is 6.69. The molecule has 4 rings (SSSR count). The lowest BCUT2D eigenvalue weighted by molar-refractivity contribution is -0.140. The summed E-state index contributed by atoms with van der Waals surface area (Å²) >= 11 is 0. The molecule has 1 aliphatic heterocycles. The molecular weight excluding hydrogens is 452 g/mol. The first-order valence-electron chi connectivity index (χ1n) is 9.93. The number of nitrogens with one attached hydrogen (secondary N) is 1. The van der Waals surface area contributed by atoms with Crippen LogP contribution in [0.1, 0.15) is 23.1 Å². The maximum absolute atomic E-state index is 14.7. The number of carbonyl (C=O) groups is 1. The highest BCUT2D eigenvalue weighted by Crippen LogP contribution is 2.48. The largest absolute Gasteiger partial charge is 0.480 e. The molecule has 172 valence electrons. The third kappa shape index (κ3) is 3.39. The fraction of sp³-hybridized carbons (Fsp3) is 0.381. The van der Waals surface area contributed by atoms with Gasteiger partial charge in [-0.25, -0.2) is 12.8 Å². The van der Waals surface area contributed by atoms with Crippen molar-refractivity contribution < 1.29 is 35.9 Å². The molecule has 0 radical (unpaired) electrons. The number of aliphatic carboxylic acids is 1. The van der Waals surface area contributed by atoms with Crippen molar-refractivity contribution in [1.29, 1.82) is 0 Å². The molecular formula is C21H20F4N2O4S. The lowest BCUT2D eigenvalue weighted by Gasteiger charge is -2.35. The molecule has 0 saturated carbocycles. The van der Waals surface area contributed by atoms with Gasteiger partial charge in [0.15, 0.2) is 0 Å². The van der Waals surface area contributed by atoms with Crippen molar-refractivity contribution in [3.63, 3.8) is 0 Å². The molecule has 0 aromatic heterocycles. The Labute approximate surface area is 181 Å². The molecule has 1 atom stereocenters. The Kier molecular flexibility index (Phi) is 5.54. The highest BCUT2D eigenvalue weighted by molar-refractivity contribution is 7.90. The predicted octanol–water partition coefficient (Wildman–Crippen LogP) is 2.97. The highest BCUT2D eigenvalue weighted by atomic mass is 32.2. The number of piperazine rings is 1. The Morgan fingerprint density at radius 2 is 1.78 bits per heavy atom. The van der Waals surface area contributed by atoms with E-state index in [0.29, 0.717) is 24.7 Å². The minimum absolute atomic E-state index is 0.0281. The summed E-state index contributed by atoms with van der Waals surface area (Å²) in [6, 6.07) is 6.36. The van der Waals surface area contributed by atoms with Gasteiger partial charge < -0.3 is 10.4 Å². The maximum atomic E-state index is 14.7. The first-order valence-corrected chi connectivity index (χ1v) is 11.4. The van der Waals surface area contributed by atoms with Crippen LogP contribution in [0.4, 0.5) is 17.6 Å². The lowest BCUT2D eigenvalue weighted by Crippen LogP contribution is -2.55. The van der Waals surface area contributed by atoms with E-state index < -0.39 is 38.3 Å². The van der Waals surface area contributed by atoms with E-state index in [4.69, 9.17) is 0 Å². The average Bonchev–Trinajstić information content (AvgIpc) is 3.15. The number of carboxylic acid groups (broad SMARTS) is 1. The van der Waals surface area contributed by atoms with Gasteiger partial charge in [0.25, 0.3) is 0 Å². The molecule has 0 bridgehead atoms. The highest BCUT2D eigenvalue weighted by Gasteiger charge is 2.58. The van der Waals surface area contributed by atoms with Crippen molar-refractivity contribution in [1.82, 2.24) is 9.62 Å². The molecule has 1 aliphatic carbocycles. The van der Waals surface area contributed by atoms with E-state index in [1.54, 1.807) is 0 Å². The SMILES string of the molecule is O=C(O)C1(S(=O)(=O)N2CCNCC2)CCc2c(-c3ccc(C(F)(F)F)cc3F)cccc21. The number of fused-ring (bicyclic) bond motifs is 1. The van der Waals surface area contributed by atoms with Crippen molar-refractivity contribution in [2.24, 2.45) is 0 Å². The standard InChI is InChI=1S/C21H20F4N2O4S/c22-18-12-13(21(23,24)25)4-5-16(18)14-2-1-3-17-15(14)6-7-20(17,19(28)29)32(30,31)27-10-8-26-9-11-27/h1-5,12,26H,6-11H2,(H,28,29). The van der Waals surface area contributed by atoms with Crippen LogP contribution in [0.5, 0.6) is 0 Å². The zero-order valence-corrected chi connectivity index (χ0v) is 17.6. The van der Waals surface area contributed by atoms with Gasteiger partial charge in [-0.15, -0.1) is 0 Å². The molecule has 2 aliphatic rings. The van der Waals surface area contributed by atoms with E-state index in [1.807, 2.05) is 0 Å². The molecule has 2 aromatic carbocycles. The van der Waals surface area contributed by atoms with Crippen LogP contribution in [-0.2, 0) is 32.2 Å². The number of sulfonamides is 1. The van der Waals surface area contributed by atoms with Crippen LogP contribution < -0.4 is 5.32 Å². The second-order valence-electron chi connectivity index (χ2n) is 7.81. The van der Waals surface area contributed by atoms with Gasteiger partial charge >= 0.3 is 12.1 Å². The average molecular weight is 472 g/mol. The molecule has 2 N–H and O–H groups in total. The topological polar surface area (TPSA) is 86.7 Å². The van der Waals surface area contributed by atoms with Crippen molar-refractivity contribution in [2.75, 3.05) is 26.2 Å². The van der Waals surface area contributed by atoms with Gasteiger partial charge in [0.2, 0.25) is 14.8 Å². The molecule has 32 heavy (non-hydrogen) atoms. The summed E-state index contributed by atoms with van der Waals surface area (Å²) in [4.78, 5) is 12.4. The second kappa shape index (κ2) is 7.82. The minimum atomic E-state index is -4.71. The number of benzene rings is 2. The Morgan fingerprint density at radius 1 is 1.09 bits per heavy atom. The van der Waals surface area contributed by atoms with Gasteiger partial charge in [-0.05, 0) is 41.7 Å². The minimum Gasteiger partial charge on any atom is -0.480 e. The summed E-state index contributed by atoms with van der Waals surface area (Å²) in [6.07, 6.45) is -4.93. The Morgan fingerprint density at radius 3 is 2.38 bits per heavy atom. The molecule has 11 heteroatoms. The molecule has 0 amide bonds. The number of hydrogen-bond donors (Lipinski definition) is 2. The van der Waals surface area contributed by atoms with E-state index >= 15 is 0 Å². The third-order valence-electron chi connectivity index (χ3n) is 6.13. The fourth-order valence-electron chi connectivity index (χ4n) is 4.54. The van der Waals surface area contributed by atoms with Crippen LogP contribution in [0.15, 0.2) is 36.4 Å². The summed E-state index contributed by atoms with van der Waals surface area (Å²) in [5.74, 6) is -2.65. The summed E-state index contributed by atoms with van der Waals surface area (Å²) < 4.78 is 79.3. The van der Waals surface area contributed by atoms with Crippen molar-refractivity contribution in [3.8, 4) is 11.1 Å². The van der Waals surface area contributed by atoms with Crippen LogP contribution in [0.25, 0.3) is 11.1 Å². The van der Waals surface area contributed by atoms with Crippen molar-refractivity contribution >= 4 is 16.0 Å². The van der Waals surface area contributed by atoms with Crippen molar-refractivity contribution in [3.05, 3.63) is 58.9 Å². The van der Waals surface area contributed by atoms with E-state index in [1.165, 1.54) is 18.2 Å². The van der Waals surface area contributed by atoms with Gasteiger partial charge in [-0.1, -0.05) is 24.3 Å². The number of nitrogens with zero attached hydrogens (tertiary/aromatic N) is 1. The Balaban J connectivity index is 1.86. The molecule has 2 aromatic rings. The van der Waals surface area contributed by atoms with Gasteiger partial charge in [0.05, 0.1) is 5.56 Å². The quantitative estimate of drug-likeness (QED) is 0.669. The van der Waals surface area contributed by atoms with E-state index in [2.05, 4.69) is 5.32 Å². The summed E-state index contributed by atoms with van der Waals surface area (Å²) in [5.41, 5.74) is -0.761. The zero-order valence-electron chi connectivity index (χ0n) is 16.7.